The Morgan fingerprint density at radius 2 is 2.05 bits per heavy atom. The fraction of sp³-hybridized carbons (Fsp3) is 0.312. The molecule has 2 aromatic rings. The molecule has 0 unspecified atom stereocenters. The summed E-state index contributed by atoms with van der Waals surface area (Å²) in [6, 6.07) is 5.61. The molecule has 1 aliphatic heterocycles. The molecule has 1 aromatic carbocycles. The molecule has 22 heavy (non-hydrogen) atoms. The van der Waals surface area contributed by atoms with Crippen LogP contribution in [0, 0.1) is 23.0 Å². The fourth-order valence-electron chi connectivity index (χ4n) is 2.60. The van der Waals surface area contributed by atoms with E-state index in [1.807, 2.05) is 4.57 Å². The van der Waals surface area contributed by atoms with Crippen LogP contribution >= 0.6 is 0 Å². The Morgan fingerprint density at radius 3 is 2.82 bits per heavy atom. The first-order valence-electron chi connectivity index (χ1n) is 7.18. The second-order valence-corrected chi connectivity index (χ2v) is 5.25. The minimum absolute atomic E-state index is 0.298. The van der Waals surface area contributed by atoms with Crippen molar-refractivity contribution < 1.29 is 8.78 Å². The van der Waals surface area contributed by atoms with Crippen LogP contribution in [0.15, 0.2) is 18.2 Å². The Kier molecular flexibility index (Phi) is 3.96. The molecule has 0 amide bonds. The highest BCUT2D eigenvalue weighted by Crippen LogP contribution is 2.21. The van der Waals surface area contributed by atoms with E-state index in [2.05, 4.69) is 16.3 Å². The van der Waals surface area contributed by atoms with Crippen LogP contribution in [0.5, 0.6) is 0 Å². The molecule has 0 fully saturated rings. The Bertz CT molecular complexity index is 771. The van der Waals surface area contributed by atoms with E-state index in [-0.39, 0.29) is 0 Å². The van der Waals surface area contributed by atoms with Gasteiger partial charge in [0.1, 0.15) is 11.9 Å². The molecule has 6 heteroatoms. The highest BCUT2D eigenvalue weighted by Gasteiger charge is 2.17. The molecule has 0 radical (unpaired) electrons. The van der Waals surface area contributed by atoms with Crippen LogP contribution in [-0.4, -0.2) is 14.8 Å². The average molecular weight is 300 g/mol. The molecule has 1 aromatic heterocycles. The quantitative estimate of drug-likeness (QED) is 0.799. The molecule has 112 valence electrons. The fourth-order valence-corrected chi connectivity index (χ4v) is 2.60. The zero-order valence-corrected chi connectivity index (χ0v) is 11.9. The van der Waals surface area contributed by atoms with Gasteiger partial charge < -0.3 is 4.57 Å². The third kappa shape index (κ3) is 2.75. The molecular weight excluding hydrogens is 286 g/mol. The number of halogens is 2. The van der Waals surface area contributed by atoms with Gasteiger partial charge in [0.05, 0.1) is 5.57 Å². The Balaban J connectivity index is 2.01. The minimum atomic E-state index is -0.939. The second kappa shape index (κ2) is 6.06. The lowest BCUT2D eigenvalue weighted by molar-refractivity contribution is 0.508. The summed E-state index contributed by atoms with van der Waals surface area (Å²) in [5.41, 5.74) is 0.716. The number of benzene rings is 1. The molecule has 2 heterocycles. The van der Waals surface area contributed by atoms with Gasteiger partial charge in [-0.3, -0.25) is 0 Å². The van der Waals surface area contributed by atoms with Crippen molar-refractivity contribution in [2.75, 3.05) is 0 Å². The number of aryl methyl sites for hydroxylation is 1. The topological polar surface area (TPSA) is 54.5 Å². The maximum absolute atomic E-state index is 13.3. The number of nitriles is 1. The summed E-state index contributed by atoms with van der Waals surface area (Å²) in [5.74, 6) is -0.485. The van der Waals surface area contributed by atoms with Crippen molar-refractivity contribution in [3.05, 3.63) is 47.0 Å². The van der Waals surface area contributed by atoms with Crippen molar-refractivity contribution >= 4 is 11.6 Å². The van der Waals surface area contributed by atoms with Crippen molar-refractivity contribution in [3.8, 4) is 6.07 Å². The molecule has 0 spiro atoms. The zero-order valence-electron chi connectivity index (χ0n) is 11.9. The average Bonchev–Trinajstić information content (AvgIpc) is 2.77. The van der Waals surface area contributed by atoms with Crippen molar-refractivity contribution in [3.63, 3.8) is 0 Å². The Hall–Kier alpha value is -2.55. The summed E-state index contributed by atoms with van der Waals surface area (Å²) >= 11 is 0. The number of allylic oxidation sites excluding steroid dienone is 1. The van der Waals surface area contributed by atoms with Gasteiger partial charge in [0, 0.05) is 13.0 Å². The summed E-state index contributed by atoms with van der Waals surface area (Å²) in [7, 11) is 0. The third-order valence-corrected chi connectivity index (χ3v) is 3.73. The van der Waals surface area contributed by atoms with Crippen molar-refractivity contribution in [1.82, 2.24) is 14.8 Å². The lowest BCUT2D eigenvalue weighted by atomic mass is 10.1. The van der Waals surface area contributed by atoms with Gasteiger partial charge in [-0.05, 0) is 36.6 Å². The minimum Gasteiger partial charge on any atom is -0.310 e. The van der Waals surface area contributed by atoms with Gasteiger partial charge in [0.2, 0.25) is 0 Å². The summed E-state index contributed by atoms with van der Waals surface area (Å²) in [5, 5.41) is 17.6. The predicted octanol–water partition coefficient (Wildman–Crippen LogP) is 3.35. The number of hydrogen-bond donors (Lipinski definition) is 0. The summed E-state index contributed by atoms with van der Waals surface area (Å²) in [6.07, 6.45) is 5.55. The summed E-state index contributed by atoms with van der Waals surface area (Å²) in [6.45, 7) is 0.772. The molecule has 0 atom stereocenters. The molecular formula is C16H14F2N4. The molecule has 1 aliphatic rings. The van der Waals surface area contributed by atoms with E-state index in [0.717, 1.165) is 50.2 Å². The summed E-state index contributed by atoms with van der Waals surface area (Å²) < 4.78 is 28.2. The van der Waals surface area contributed by atoms with E-state index in [4.69, 9.17) is 0 Å². The standard InChI is InChI=1S/C16H14F2N4/c17-13-6-5-11(9-14(13)18)8-12(10-19)16-21-20-15-4-2-1-3-7-22(15)16/h5-6,8-9H,1-4,7H2. The van der Waals surface area contributed by atoms with E-state index >= 15 is 0 Å². The van der Waals surface area contributed by atoms with Gasteiger partial charge in [-0.25, -0.2) is 8.78 Å². The maximum atomic E-state index is 13.3. The molecule has 0 saturated heterocycles. The van der Waals surface area contributed by atoms with Crippen LogP contribution < -0.4 is 0 Å². The van der Waals surface area contributed by atoms with Crippen LogP contribution in [0.2, 0.25) is 0 Å². The normalized spacial score (nSPS) is 15.0. The number of hydrogen-bond acceptors (Lipinski definition) is 3. The van der Waals surface area contributed by atoms with Crippen molar-refractivity contribution in [1.29, 1.82) is 5.26 Å². The lowest BCUT2D eigenvalue weighted by Crippen LogP contribution is -2.05. The van der Waals surface area contributed by atoms with Crippen LogP contribution in [0.3, 0.4) is 0 Å². The molecule has 0 bridgehead atoms. The van der Waals surface area contributed by atoms with Crippen LogP contribution in [0.4, 0.5) is 8.78 Å². The molecule has 0 N–H and O–H groups in total. The number of aromatic nitrogens is 3. The number of fused-ring (bicyclic) bond motifs is 1. The zero-order chi connectivity index (χ0) is 15.5. The van der Waals surface area contributed by atoms with Gasteiger partial charge in [0.15, 0.2) is 17.5 Å². The van der Waals surface area contributed by atoms with Gasteiger partial charge in [-0.2, -0.15) is 5.26 Å². The second-order valence-electron chi connectivity index (χ2n) is 5.25. The van der Waals surface area contributed by atoms with Crippen LogP contribution in [-0.2, 0) is 13.0 Å². The third-order valence-electron chi connectivity index (χ3n) is 3.73. The van der Waals surface area contributed by atoms with E-state index in [9.17, 15) is 14.0 Å². The monoisotopic (exact) mass is 300 g/mol. The molecule has 0 saturated carbocycles. The van der Waals surface area contributed by atoms with Crippen molar-refractivity contribution in [2.45, 2.75) is 32.2 Å². The SMILES string of the molecule is N#CC(=Cc1ccc(F)c(F)c1)c1nnc2n1CCCCC2. The van der Waals surface area contributed by atoms with Gasteiger partial charge in [0.25, 0.3) is 0 Å². The van der Waals surface area contributed by atoms with E-state index in [1.165, 1.54) is 12.1 Å². The van der Waals surface area contributed by atoms with E-state index < -0.39 is 11.6 Å². The summed E-state index contributed by atoms with van der Waals surface area (Å²) in [4.78, 5) is 0. The van der Waals surface area contributed by atoms with Crippen molar-refractivity contribution in [2.24, 2.45) is 0 Å². The maximum Gasteiger partial charge on any atom is 0.174 e. The smallest absolute Gasteiger partial charge is 0.174 e. The Labute approximate surface area is 126 Å². The number of nitrogens with zero attached hydrogens (tertiary/aromatic N) is 4. The largest absolute Gasteiger partial charge is 0.310 e. The highest BCUT2D eigenvalue weighted by atomic mass is 19.2. The van der Waals surface area contributed by atoms with E-state index in [1.54, 1.807) is 0 Å². The first-order valence-corrected chi connectivity index (χ1v) is 7.18. The molecule has 3 rings (SSSR count). The predicted molar refractivity (Wildman–Crippen MR) is 77.4 cm³/mol. The van der Waals surface area contributed by atoms with Crippen LogP contribution in [0.1, 0.15) is 36.5 Å². The highest BCUT2D eigenvalue weighted by molar-refractivity contribution is 5.87. The van der Waals surface area contributed by atoms with E-state index in [0.29, 0.717) is 17.0 Å². The first-order chi connectivity index (χ1) is 10.7. The Morgan fingerprint density at radius 1 is 1.18 bits per heavy atom. The molecule has 4 nitrogen and oxygen atoms in total. The van der Waals surface area contributed by atoms with Gasteiger partial charge in [-0.15, -0.1) is 10.2 Å². The first kappa shape index (κ1) is 14.4. The van der Waals surface area contributed by atoms with Crippen LogP contribution in [0.25, 0.3) is 11.6 Å². The van der Waals surface area contributed by atoms with Gasteiger partial charge >= 0.3 is 0 Å². The van der Waals surface area contributed by atoms with Gasteiger partial charge in [-0.1, -0.05) is 12.5 Å². The number of rotatable bonds is 2. The molecule has 0 aliphatic carbocycles. The lowest BCUT2D eigenvalue weighted by Gasteiger charge is -2.06.